The van der Waals surface area contributed by atoms with E-state index in [0.29, 0.717) is 0 Å². The number of nitrogens with two attached hydrogens (primary N) is 1. The molecule has 2 N–H and O–H groups in total. The highest BCUT2D eigenvalue weighted by Crippen LogP contribution is 2.34. The third-order valence-electron chi connectivity index (χ3n) is 2.97. The second-order valence-corrected chi connectivity index (χ2v) is 5.25. The highest BCUT2D eigenvalue weighted by atomic mass is 35.5. The predicted molar refractivity (Wildman–Crippen MR) is 69.4 cm³/mol. The molecule has 1 atom stereocenters. The van der Waals surface area contributed by atoms with Crippen molar-refractivity contribution in [2.75, 3.05) is 6.61 Å². The molecule has 0 saturated heterocycles. The predicted octanol–water partition coefficient (Wildman–Crippen LogP) is 3.19. The fraction of sp³-hybridized carbons (Fsp3) is 0.538. The molecule has 0 unspecified atom stereocenters. The molecular weight excluding hydrogens is 222 g/mol. The molecule has 0 aromatic heterocycles. The van der Waals surface area contributed by atoms with Crippen molar-refractivity contribution >= 4 is 12.4 Å². The van der Waals surface area contributed by atoms with Crippen LogP contribution in [-0.4, -0.2) is 6.61 Å². The molecular formula is C13H20ClNO. The zero-order chi connectivity index (χ0) is 11.1. The molecule has 1 aromatic carbocycles. The van der Waals surface area contributed by atoms with Gasteiger partial charge in [0.1, 0.15) is 5.75 Å². The molecule has 1 aliphatic heterocycles. The first kappa shape index (κ1) is 13.3. The Morgan fingerprint density at radius 1 is 1.31 bits per heavy atom. The molecule has 90 valence electrons. The standard InChI is InChI=1S/C13H19NO.ClH/c1-13(2,3)9-4-5-10-11(14)6-7-15-12(10)8-9;/h4-5,8,11H,6-7,14H2,1-3H3;1H/t11-;/m0./s1. The zero-order valence-electron chi connectivity index (χ0n) is 10.1. The van der Waals surface area contributed by atoms with Crippen molar-refractivity contribution in [2.24, 2.45) is 5.73 Å². The molecule has 2 rings (SSSR count). The van der Waals surface area contributed by atoms with Crippen LogP contribution in [0.25, 0.3) is 0 Å². The van der Waals surface area contributed by atoms with E-state index in [1.807, 2.05) is 0 Å². The number of hydrogen-bond donors (Lipinski definition) is 1. The molecule has 16 heavy (non-hydrogen) atoms. The van der Waals surface area contributed by atoms with Crippen LogP contribution in [0, 0.1) is 0 Å². The molecule has 3 heteroatoms. The largest absolute Gasteiger partial charge is 0.493 e. The van der Waals surface area contributed by atoms with Crippen LogP contribution in [0.3, 0.4) is 0 Å². The molecule has 1 aromatic rings. The Balaban J connectivity index is 0.00000128. The Morgan fingerprint density at radius 2 is 2.00 bits per heavy atom. The van der Waals surface area contributed by atoms with Gasteiger partial charge in [0.2, 0.25) is 0 Å². The summed E-state index contributed by atoms with van der Waals surface area (Å²) in [7, 11) is 0. The van der Waals surface area contributed by atoms with Crippen LogP contribution in [0.1, 0.15) is 44.4 Å². The lowest BCUT2D eigenvalue weighted by molar-refractivity contribution is 0.268. The molecule has 0 fully saturated rings. The average molecular weight is 242 g/mol. The van der Waals surface area contributed by atoms with Crippen LogP contribution in [0.15, 0.2) is 18.2 Å². The summed E-state index contributed by atoms with van der Waals surface area (Å²) in [6.07, 6.45) is 0.919. The first-order chi connectivity index (χ1) is 6.98. The topological polar surface area (TPSA) is 35.2 Å². The summed E-state index contributed by atoms with van der Waals surface area (Å²) in [6.45, 7) is 7.36. The number of fused-ring (bicyclic) bond motifs is 1. The maximum Gasteiger partial charge on any atom is 0.124 e. The summed E-state index contributed by atoms with van der Waals surface area (Å²) < 4.78 is 5.65. The normalized spacial score (nSPS) is 19.4. The van der Waals surface area contributed by atoms with Gasteiger partial charge in [0, 0.05) is 18.0 Å². The Bertz CT molecular complexity index is 371. The van der Waals surface area contributed by atoms with Gasteiger partial charge in [-0.1, -0.05) is 32.9 Å². The Hall–Kier alpha value is -0.730. The van der Waals surface area contributed by atoms with Gasteiger partial charge in [-0.15, -0.1) is 12.4 Å². The Kier molecular flexibility index (Phi) is 3.87. The van der Waals surface area contributed by atoms with E-state index in [-0.39, 0.29) is 23.9 Å². The van der Waals surface area contributed by atoms with Gasteiger partial charge in [-0.2, -0.15) is 0 Å². The third-order valence-corrected chi connectivity index (χ3v) is 2.97. The van der Waals surface area contributed by atoms with Crippen molar-refractivity contribution in [1.82, 2.24) is 0 Å². The molecule has 0 radical (unpaired) electrons. The Morgan fingerprint density at radius 3 is 2.62 bits per heavy atom. The van der Waals surface area contributed by atoms with Crippen molar-refractivity contribution in [2.45, 2.75) is 38.6 Å². The number of ether oxygens (including phenoxy) is 1. The van der Waals surface area contributed by atoms with E-state index in [1.54, 1.807) is 0 Å². The lowest BCUT2D eigenvalue weighted by Gasteiger charge is -2.26. The number of halogens is 1. The Labute approximate surface area is 104 Å². The maximum atomic E-state index is 6.03. The molecule has 0 amide bonds. The molecule has 2 nitrogen and oxygen atoms in total. The number of benzene rings is 1. The quantitative estimate of drug-likeness (QED) is 0.757. The van der Waals surface area contributed by atoms with E-state index in [9.17, 15) is 0 Å². The second kappa shape index (κ2) is 4.64. The summed E-state index contributed by atoms with van der Waals surface area (Å²) in [5.74, 6) is 0.973. The van der Waals surface area contributed by atoms with Gasteiger partial charge in [-0.05, 0) is 17.0 Å². The monoisotopic (exact) mass is 241 g/mol. The van der Waals surface area contributed by atoms with Crippen molar-refractivity contribution in [1.29, 1.82) is 0 Å². The van der Waals surface area contributed by atoms with Crippen LogP contribution >= 0.6 is 12.4 Å². The van der Waals surface area contributed by atoms with Crippen molar-refractivity contribution in [3.8, 4) is 5.75 Å². The van der Waals surface area contributed by atoms with Gasteiger partial charge in [-0.25, -0.2) is 0 Å². The van der Waals surface area contributed by atoms with Crippen LogP contribution < -0.4 is 10.5 Å². The summed E-state index contributed by atoms with van der Waals surface area (Å²) in [4.78, 5) is 0. The van der Waals surface area contributed by atoms with Crippen LogP contribution in [0.4, 0.5) is 0 Å². The highest BCUT2D eigenvalue weighted by Gasteiger charge is 2.21. The van der Waals surface area contributed by atoms with Crippen LogP contribution in [0.2, 0.25) is 0 Å². The summed E-state index contributed by atoms with van der Waals surface area (Å²) in [5, 5.41) is 0. The average Bonchev–Trinajstić information content (AvgIpc) is 2.16. The highest BCUT2D eigenvalue weighted by molar-refractivity contribution is 5.85. The third kappa shape index (κ3) is 2.50. The molecule has 0 saturated carbocycles. The maximum absolute atomic E-state index is 6.03. The van der Waals surface area contributed by atoms with Gasteiger partial charge in [0.25, 0.3) is 0 Å². The van der Waals surface area contributed by atoms with Crippen LogP contribution in [-0.2, 0) is 5.41 Å². The first-order valence-corrected chi connectivity index (χ1v) is 5.51. The fourth-order valence-corrected chi connectivity index (χ4v) is 1.88. The smallest absolute Gasteiger partial charge is 0.124 e. The van der Waals surface area contributed by atoms with Crippen molar-refractivity contribution in [3.63, 3.8) is 0 Å². The van der Waals surface area contributed by atoms with E-state index >= 15 is 0 Å². The zero-order valence-corrected chi connectivity index (χ0v) is 10.9. The second-order valence-electron chi connectivity index (χ2n) is 5.25. The molecule has 0 aliphatic carbocycles. The van der Waals surface area contributed by atoms with Crippen molar-refractivity contribution < 1.29 is 4.74 Å². The van der Waals surface area contributed by atoms with Crippen molar-refractivity contribution in [3.05, 3.63) is 29.3 Å². The van der Waals surface area contributed by atoms with E-state index in [2.05, 4.69) is 39.0 Å². The minimum atomic E-state index is 0. The first-order valence-electron chi connectivity index (χ1n) is 5.51. The summed E-state index contributed by atoms with van der Waals surface area (Å²) >= 11 is 0. The number of hydrogen-bond acceptors (Lipinski definition) is 2. The van der Waals surface area contributed by atoms with E-state index in [4.69, 9.17) is 10.5 Å². The van der Waals surface area contributed by atoms with Gasteiger partial charge >= 0.3 is 0 Å². The molecule has 0 bridgehead atoms. The van der Waals surface area contributed by atoms with Gasteiger partial charge in [-0.3, -0.25) is 0 Å². The minimum Gasteiger partial charge on any atom is -0.493 e. The van der Waals surface area contributed by atoms with E-state index in [1.165, 1.54) is 5.56 Å². The fourth-order valence-electron chi connectivity index (χ4n) is 1.88. The van der Waals surface area contributed by atoms with E-state index < -0.39 is 0 Å². The lowest BCUT2D eigenvalue weighted by Crippen LogP contribution is -2.21. The van der Waals surface area contributed by atoms with Crippen LogP contribution in [0.5, 0.6) is 5.75 Å². The molecule has 0 spiro atoms. The number of rotatable bonds is 0. The lowest BCUT2D eigenvalue weighted by atomic mass is 9.85. The SMILES string of the molecule is CC(C)(C)c1ccc2c(c1)OCC[C@@H]2N.Cl. The van der Waals surface area contributed by atoms with Gasteiger partial charge in [0.05, 0.1) is 6.61 Å². The summed E-state index contributed by atoms with van der Waals surface area (Å²) in [5.41, 5.74) is 8.64. The van der Waals surface area contributed by atoms with E-state index in [0.717, 1.165) is 24.3 Å². The van der Waals surface area contributed by atoms with Gasteiger partial charge in [0.15, 0.2) is 0 Å². The molecule has 1 heterocycles. The van der Waals surface area contributed by atoms with Gasteiger partial charge < -0.3 is 10.5 Å². The summed E-state index contributed by atoms with van der Waals surface area (Å²) in [6, 6.07) is 6.55. The minimum absolute atomic E-state index is 0. The molecule has 1 aliphatic rings.